The highest BCUT2D eigenvalue weighted by molar-refractivity contribution is 6.30. The first-order valence-corrected chi connectivity index (χ1v) is 5.59. The number of carbonyl (C=O) groups excluding carboxylic acids is 1. The Hall–Kier alpha value is -1.22. The Bertz CT molecular complexity index is 349. The van der Waals surface area contributed by atoms with Gasteiger partial charge >= 0.3 is 6.09 Å². The lowest BCUT2D eigenvalue weighted by Gasteiger charge is -2.15. The summed E-state index contributed by atoms with van der Waals surface area (Å²) in [5, 5.41) is 3.42. The van der Waals surface area contributed by atoms with Gasteiger partial charge in [0.1, 0.15) is 0 Å². The number of rotatable bonds is 3. The molecule has 0 spiro atoms. The number of alkyl carbamates (subject to hydrolysis) is 1. The fourth-order valence-corrected chi connectivity index (χ4v) is 1.39. The molecule has 3 nitrogen and oxygen atoms in total. The summed E-state index contributed by atoms with van der Waals surface area (Å²) in [5.41, 5.74) is 0.991. The monoisotopic (exact) mass is 241 g/mol. The van der Waals surface area contributed by atoms with Crippen molar-refractivity contribution in [2.75, 3.05) is 0 Å². The summed E-state index contributed by atoms with van der Waals surface area (Å²) in [6.07, 6.45) is -0.519. The third kappa shape index (κ3) is 4.11. The minimum absolute atomic E-state index is 0.0940. The summed E-state index contributed by atoms with van der Waals surface area (Å²) < 4.78 is 4.99. The first kappa shape index (κ1) is 12.8. The highest BCUT2D eigenvalue weighted by Gasteiger charge is 2.11. The maximum Gasteiger partial charge on any atom is 0.407 e. The van der Waals surface area contributed by atoms with E-state index in [9.17, 15) is 4.79 Å². The fraction of sp³-hybridized carbons (Fsp3) is 0.417. The maximum atomic E-state index is 11.3. The van der Waals surface area contributed by atoms with Crippen molar-refractivity contribution < 1.29 is 9.53 Å². The molecule has 0 aliphatic heterocycles. The molecular weight excluding hydrogens is 226 g/mol. The number of hydrogen-bond acceptors (Lipinski definition) is 2. The van der Waals surface area contributed by atoms with Gasteiger partial charge in [0.15, 0.2) is 0 Å². The third-order valence-corrected chi connectivity index (χ3v) is 2.30. The Labute approximate surface area is 101 Å². The van der Waals surface area contributed by atoms with E-state index in [0.717, 1.165) is 5.56 Å². The van der Waals surface area contributed by atoms with Gasteiger partial charge in [0.05, 0.1) is 12.1 Å². The van der Waals surface area contributed by atoms with Gasteiger partial charge in [-0.25, -0.2) is 4.79 Å². The van der Waals surface area contributed by atoms with Crippen LogP contribution in [0.15, 0.2) is 24.3 Å². The molecule has 16 heavy (non-hydrogen) atoms. The zero-order valence-corrected chi connectivity index (χ0v) is 10.4. The summed E-state index contributed by atoms with van der Waals surface area (Å²) >= 11 is 5.78. The number of nitrogens with one attached hydrogen (secondary N) is 1. The Kier molecular flexibility index (Phi) is 4.62. The van der Waals surface area contributed by atoms with E-state index in [4.69, 9.17) is 16.3 Å². The Morgan fingerprint density at radius 2 is 1.81 bits per heavy atom. The number of halogens is 1. The Morgan fingerprint density at radius 1 is 1.25 bits per heavy atom. The first-order valence-electron chi connectivity index (χ1n) is 5.21. The number of amides is 1. The van der Waals surface area contributed by atoms with Gasteiger partial charge in [-0.3, -0.25) is 0 Å². The Morgan fingerprint density at radius 3 is 2.31 bits per heavy atom. The highest BCUT2D eigenvalue weighted by Crippen LogP contribution is 2.16. The zero-order valence-electron chi connectivity index (χ0n) is 9.66. The SMILES string of the molecule is CC(C)OC(=O)NC(C)c1ccc(Cl)cc1. The van der Waals surface area contributed by atoms with Gasteiger partial charge in [-0.15, -0.1) is 0 Å². The molecule has 4 heteroatoms. The van der Waals surface area contributed by atoms with Gasteiger partial charge in [-0.05, 0) is 38.5 Å². The van der Waals surface area contributed by atoms with Crippen LogP contribution < -0.4 is 5.32 Å². The lowest BCUT2D eigenvalue weighted by Crippen LogP contribution is -2.29. The average molecular weight is 242 g/mol. The molecular formula is C12H16ClNO2. The lowest BCUT2D eigenvalue weighted by molar-refractivity contribution is 0.113. The molecule has 0 aliphatic rings. The second kappa shape index (κ2) is 5.75. The standard InChI is InChI=1S/C12H16ClNO2/c1-8(2)16-12(15)14-9(3)10-4-6-11(13)7-5-10/h4-9H,1-3H3,(H,14,15). The second-order valence-electron chi connectivity index (χ2n) is 3.87. The number of benzene rings is 1. The van der Waals surface area contributed by atoms with Gasteiger partial charge < -0.3 is 10.1 Å². The highest BCUT2D eigenvalue weighted by atomic mass is 35.5. The molecule has 0 aromatic heterocycles. The molecule has 1 rings (SSSR count). The van der Waals surface area contributed by atoms with Crippen LogP contribution in [0.25, 0.3) is 0 Å². The Balaban J connectivity index is 2.55. The van der Waals surface area contributed by atoms with Crippen molar-refractivity contribution >= 4 is 17.7 Å². The molecule has 1 unspecified atom stereocenters. The molecule has 0 fully saturated rings. The first-order chi connectivity index (χ1) is 7.49. The second-order valence-corrected chi connectivity index (χ2v) is 4.31. The predicted molar refractivity (Wildman–Crippen MR) is 64.6 cm³/mol. The van der Waals surface area contributed by atoms with Gasteiger partial charge in [0.25, 0.3) is 0 Å². The maximum absolute atomic E-state index is 11.3. The van der Waals surface area contributed by atoms with E-state index in [2.05, 4.69) is 5.32 Å². The molecule has 0 aliphatic carbocycles. The molecule has 1 aromatic carbocycles. The predicted octanol–water partition coefficient (Wildman–Crippen LogP) is 3.54. The van der Waals surface area contributed by atoms with Crippen LogP contribution in [0.2, 0.25) is 5.02 Å². The van der Waals surface area contributed by atoms with Crippen LogP contribution >= 0.6 is 11.6 Å². The van der Waals surface area contributed by atoms with Crippen molar-refractivity contribution in [1.82, 2.24) is 5.32 Å². The molecule has 0 bridgehead atoms. The largest absolute Gasteiger partial charge is 0.447 e. The zero-order chi connectivity index (χ0) is 12.1. The van der Waals surface area contributed by atoms with E-state index in [1.165, 1.54) is 0 Å². The molecule has 1 amide bonds. The van der Waals surface area contributed by atoms with E-state index in [1.54, 1.807) is 12.1 Å². The van der Waals surface area contributed by atoms with Gasteiger partial charge in [-0.2, -0.15) is 0 Å². The van der Waals surface area contributed by atoms with E-state index in [-0.39, 0.29) is 12.1 Å². The van der Waals surface area contributed by atoms with Crippen molar-refractivity contribution in [3.8, 4) is 0 Å². The molecule has 1 atom stereocenters. The molecule has 0 heterocycles. The van der Waals surface area contributed by atoms with Crippen molar-refractivity contribution in [3.05, 3.63) is 34.9 Å². The van der Waals surface area contributed by atoms with Gasteiger partial charge in [0, 0.05) is 5.02 Å². The summed E-state index contributed by atoms with van der Waals surface area (Å²) in [6.45, 7) is 5.52. The molecule has 0 saturated carbocycles. The molecule has 1 aromatic rings. The van der Waals surface area contributed by atoms with E-state index >= 15 is 0 Å². The smallest absolute Gasteiger partial charge is 0.407 e. The minimum atomic E-state index is -0.405. The van der Waals surface area contributed by atoms with Crippen LogP contribution in [-0.4, -0.2) is 12.2 Å². The van der Waals surface area contributed by atoms with Crippen molar-refractivity contribution in [2.45, 2.75) is 32.9 Å². The minimum Gasteiger partial charge on any atom is -0.447 e. The summed E-state index contributed by atoms with van der Waals surface area (Å²) in [4.78, 5) is 11.3. The molecule has 0 saturated heterocycles. The van der Waals surface area contributed by atoms with Crippen molar-refractivity contribution in [1.29, 1.82) is 0 Å². The van der Waals surface area contributed by atoms with Crippen LogP contribution in [0.3, 0.4) is 0 Å². The molecule has 88 valence electrons. The lowest BCUT2D eigenvalue weighted by atomic mass is 10.1. The normalized spacial score (nSPS) is 12.3. The van der Waals surface area contributed by atoms with Crippen molar-refractivity contribution in [2.24, 2.45) is 0 Å². The van der Waals surface area contributed by atoms with Gasteiger partial charge in [0.2, 0.25) is 0 Å². The molecule has 1 N–H and O–H groups in total. The van der Waals surface area contributed by atoms with E-state index in [0.29, 0.717) is 5.02 Å². The topological polar surface area (TPSA) is 38.3 Å². The summed E-state index contributed by atoms with van der Waals surface area (Å²) in [6, 6.07) is 7.25. The number of carbonyl (C=O) groups is 1. The third-order valence-electron chi connectivity index (χ3n) is 2.05. The number of hydrogen-bond donors (Lipinski definition) is 1. The van der Waals surface area contributed by atoms with Crippen LogP contribution in [-0.2, 0) is 4.74 Å². The average Bonchev–Trinajstić information content (AvgIpc) is 2.16. The molecule has 0 radical (unpaired) electrons. The van der Waals surface area contributed by atoms with Crippen LogP contribution in [0, 0.1) is 0 Å². The van der Waals surface area contributed by atoms with E-state index in [1.807, 2.05) is 32.9 Å². The van der Waals surface area contributed by atoms with Crippen LogP contribution in [0.1, 0.15) is 32.4 Å². The summed E-state index contributed by atoms with van der Waals surface area (Å²) in [5.74, 6) is 0. The van der Waals surface area contributed by atoms with E-state index < -0.39 is 6.09 Å². The summed E-state index contributed by atoms with van der Waals surface area (Å²) in [7, 11) is 0. The quantitative estimate of drug-likeness (QED) is 0.879. The van der Waals surface area contributed by atoms with Crippen molar-refractivity contribution in [3.63, 3.8) is 0 Å². The number of ether oxygens (including phenoxy) is 1. The van der Waals surface area contributed by atoms with Crippen LogP contribution in [0.5, 0.6) is 0 Å². The fourth-order valence-electron chi connectivity index (χ4n) is 1.26. The van der Waals surface area contributed by atoms with Gasteiger partial charge in [-0.1, -0.05) is 23.7 Å². The van der Waals surface area contributed by atoms with Crippen LogP contribution in [0.4, 0.5) is 4.79 Å².